The number of alkyl halides is 3. The lowest BCUT2D eigenvalue weighted by molar-refractivity contribution is -0.0729. The third-order valence-corrected chi connectivity index (χ3v) is 5.75. The Kier molecular flexibility index (Phi) is 8.00. The second-order valence-electron chi connectivity index (χ2n) is 8.33. The van der Waals surface area contributed by atoms with Crippen LogP contribution in [0.5, 0.6) is 0 Å². The van der Waals surface area contributed by atoms with Gasteiger partial charge < -0.3 is 19.9 Å². The van der Waals surface area contributed by atoms with E-state index in [-0.39, 0.29) is 24.3 Å². The zero-order valence-electron chi connectivity index (χ0n) is 18.8. The van der Waals surface area contributed by atoms with Crippen molar-refractivity contribution in [2.24, 2.45) is 0 Å². The molecule has 176 valence electrons. The van der Waals surface area contributed by atoms with Gasteiger partial charge in [-0.3, -0.25) is 4.98 Å². The Hall–Kier alpha value is -2.32. The topological polar surface area (TPSA) is 63.6 Å². The summed E-state index contributed by atoms with van der Waals surface area (Å²) in [6.45, 7) is 4.70. The maximum absolute atomic E-state index is 13.5. The van der Waals surface area contributed by atoms with Crippen molar-refractivity contribution in [2.75, 3.05) is 26.8 Å². The summed E-state index contributed by atoms with van der Waals surface area (Å²) in [6.07, 6.45) is 2.32. The summed E-state index contributed by atoms with van der Waals surface area (Å²) in [4.78, 5) is 4.21. The van der Waals surface area contributed by atoms with Crippen molar-refractivity contribution in [1.82, 2.24) is 10.3 Å². The Bertz CT molecular complexity index is 999. The summed E-state index contributed by atoms with van der Waals surface area (Å²) in [6, 6.07) is 1.86. The standard InChI is InChI=1S/C24H31F3N2O3/c1-15(12-28-13-17(30)14-32-19-9-7-18(31-3)8-10-19)21-11-16(2)29-23-20(21)5-4-6-22(23)24(25,26)27/h5,7,9,11,15,17,28,30H,4,6,8,10,12-14H2,1-3H3. The van der Waals surface area contributed by atoms with Crippen molar-refractivity contribution in [1.29, 1.82) is 0 Å². The van der Waals surface area contributed by atoms with Gasteiger partial charge >= 0.3 is 6.18 Å². The van der Waals surface area contributed by atoms with Crippen molar-refractivity contribution in [3.8, 4) is 0 Å². The SMILES string of the molecule is COC1=CC=C(OCC(O)CNCC(C)c2cc(C)nc3c2=CCCC=3C(F)(F)F)CC1. The number of nitrogens with one attached hydrogen (secondary N) is 1. The van der Waals surface area contributed by atoms with Crippen LogP contribution < -0.4 is 15.9 Å². The van der Waals surface area contributed by atoms with Crippen LogP contribution in [0.3, 0.4) is 0 Å². The first-order valence-corrected chi connectivity index (χ1v) is 10.9. The number of hydrogen-bond acceptors (Lipinski definition) is 5. The average Bonchev–Trinajstić information content (AvgIpc) is 2.76. The molecule has 5 nitrogen and oxygen atoms in total. The molecule has 0 spiro atoms. The first kappa shape index (κ1) is 24.3. The Balaban J connectivity index is 1.59. The minimum Gasteiger partial charge on any atom is -0.501 e. The zero-order chi connectivity index (χ0) is 23.3. The molecule has 2 aliphatic carbocycles. The first-order chi connectivity index (χ1) is 15.2. The number of rotatable bonds is 9. The molecule has 2 aliphatic rings. The number of pyridine rings is 1. The summed E-state index contributed by atoms with van der Waals surface area (Å²) in [5, 5.41) is 14.1. The number of aliphatic hydroxyl groups is 1. The van der Waals surface area contributed by atoms with Gasteiger partial charge in [0.15, 0.2) is 0 Å². The van der Waals surface area contributed by atoms with Crippen LogP contribution in [-0.4, -0.2) is 49.2 Å². The smallest absolute Gasteiger partial charge is 0.414 e. The van der Waals surface area contributed by atoms with Gasteiger partial charge in [-0.2, -0.15) is 13.2 Å². The number of allylic oxidation sites excluding steroid dienone is 4. The van der Waals surface area contributed by atoms with Crippen LogP contribution in [0.2, 0.25) is 0 Å². The van der Waals surface area contributed by atoms with Crippen LogP contribution in [0.15, 0.2) is 29.7 Å². The highest BCUT2D eigenvalue weighted by atomic mass is 19.4. The lowest BCUT2D eigenvalue weighted by Gasteiger charge is -2.20. The van der Waals surface area contributed by atoms with E-state index in [0.29, 0.717) is 30.4 Å². The fourth-order valence-electron chi connectivity index (χ4n) is 4.04. The molecule has 2 unspecified atom stereocenters. The number of methoxy groups -OCH3 is 1. The Morgan fingerprint density at radius 2 is 1.88 bits per heavy atom. The molecule has 0 aliphatic heterocycles. The molecule has 2 N–H and O–H groups in total. The zero-order valence-corrected chi connectivity index (χ0v) is 18.8. The van der Waals surface area contributed by atoms with Crippen LogP contribution in [-0.2, 0) is 9.47 Å². The minimum absolute atomic E-state index is 0.0375. The molecule has 32 heavy (non-hydrogen) atoms. The van der Waals surface area contributed by atoms with Crippen LogP contribution in [0.4, 0.5) is 13.2 Å². The lowest BCUT2D eigenvalue weighted by atomic mass is 9.93. The van der Waals surface area contributed by atoms with Gasteiger partial charge in [-0.1, -0.05) is 13.0 Å². The van der Waals surface area contributed by atoms with E-state index < -0.39 is 17.9 Å². The molecule has 1 aromatic rings. The Morgan fingerprint density at radius 3 is 2.53 bits per heavy atom. The maximum atomic E-state index is 13.5. The summed E-state index contributed by atoms with van der Waals surface area (Å²) < 4.78 is 51.2. The molecular weight excluding hydrogens is 421 g/mol. The normalized spacial score (nSPS) is 18.2. The Morgan fingerprint density at radius 1 is 1.16 bits per heavy atom. The van der Waals surface area contributed by atoms with Gasteiger partial charge in [0.05, 0.1) is 29.6 Å². The molecule has 0 aromatic carbocycles. The number of halogens is 3. The average molecular weight is 453 g/mol. The highest BCUT2D eigenvalue weighted by Crippen LogP contribution is 2.30. The Labute approximate surface area is 186 Å². The van der Waals surface area contributed by atoms with E-state index in [1.165, 1.54) is 0 Å². The van der Waals surface area contributed by atoms with Crippen molar-refractivity contribution in [3.05, 3.63) is 51.6 Å². The van der Waals surface area contributed by atoms with Crippen LogP contribution >= 0.6 is 0 Å². The van der Waals surface area contributed by atoms with E-state index >= 15 is 0 Å². The highest BCUT2D eigenvalue weighted by Gasteiger charge is 2.35. The molecule has 0 saturated heterocycles. The fraction of sp³-hybridized carbons (Fsp3) is 0.542. The largest absolute Gasteiger partial charge is 0.501 e. The van der Waals surface area contributed by atoms with Gasteiger partial charge in [0.25, 0.3) is 0 Å². The number of aliphatic hydroxyl groups excluding tert-OH is 1. The van der Waals surface area contributed by atoms with E-state index in [9.17, 15) is 18.3 Å². The van der Waals surface area contributed by atoms with Crippen molar-refractivity contribution in [3.63, 3.8) is 0 Å². The molecule has 1 aromatic heterocycles. The maximum Gasteiger partial charge on any atom is 0.414 e. The van der Waals surface area contributed by atoms with Gasteiger partial charge in [-0.05, 0) is 49.5 Å². The molecular formula is C24H31F3N2O3. The fourth-order valence-corrected chi connectivity index (χ4v) is 4.04. The van der Waals surface area contributed by atoms with Crippen molar-refractivity contribution in [2.45, 2.75) is 57.7 Å². The summed E-state index contributed by atoms with van der Waals surface area (Å²) in [5.74, 6) is 1.67. The third kappa shape index (κ3) is 6.13. The molecule has 0 fully saturated rings. The van der Waals surface area contributed by atoms with E-state index in [2.05, 4.69) is 10.3 Å². The van der Waals surface area contributed by atoms with Crippen LogP contribution in [0, 0.1) is 6.92 Å². The molecule has 1 heterocycles. The highest BCUT2D eigenvalue weighted by molar-refractivity contribution is 5.55. The molecule has 0 radical (unpaired) electrons. The van der Waals surface area contributed by atoms with Crippen LogP contribution in [0.1, 0.15) is 49.8 Å². The van der Waals surface area contributed by atoms with E-state index in [4.69, 9.17) is 9.47 Å². The van der Waals surface area contributed by atoms with Gasteiger partial charge in [0.2, 0.25) is 0 Å². The monoisotopic (exact) mass is 452 g/mol. The minimum atomic E-state index is -4.37. The number of aryl methyl sites for hydroxylation is 1. The van der Waals surface area contributed by atoms with Gasteiger partial charge in [-0.25, -0.2) is 0 Å². The second-order valence-corrected chi connectivity index (χ2v) is 8.33. The molecule has 0 bridgehead atoms. The molecule has 3 rings (SSSR count). The van der Waals surface area contributed by atoms with E-state index in [1.54, 1.807) is 14.0 Å². The number of nitrogens with zero attached hydrogens (tertiary/aromatic N) is 1. The molecule has 0 saturated carbocycles. The summed E-state index contributed by atoms with van der Waals surface area (Å²) in [5.41, 5.74) is 0.875. The summed E-state index contributed by atoms with van der Waals surface area (Å²) in [7, 11) is 1.64. The third-order valence-electron chi connectivity index (χ3n) is 5.75. The number of aromatic nitrogens is 1. The van der Waals surface area contributed by atoms with Gasteiger partial charge in [0, 0.05) is 36.8 Å². The number of ether oxygens (including phenoxy) is 2. The van der Waals surface area contributed by atoms with E-state index in [0.717, 1.165) is 29.9 Å². The number of hydrogen-bond donors (Lipinski definition) is 2. The lowest BCUT2D eigenvalue weighted by Crippen LogP contribution is -2.41. The molecule has 0 amide bonds. The molecule has 8 heteroatoms. The second kappa shape index (κ2) is 10.5. The quantitative estimate of drug-likeness (QED) is 0.603. The van der Waals surface area contributed by atoms with Crippen molar-refractivity contribution < 1.29 is 27.8 Å². The van der Waals surface area contributed by atoms with Gasteiger partial charge in [0.1, 0.15) is 12.7 Å². The predicted molar refractivity (Wildman–Crippen MR) is 117 cm³/mol. The van der Waals surface area contributed by atoms with Crippen LogP contribution in [0.25, 0.3) is 11.6 Å². The number of fused-ring (bicyclic) bond motifs is 1. The first-order valence-electron chi connectivity index (χ1n) is 10.9. The molecule has 2 atom stereocenters. The predicted octanol–water partition coefficient (Wildman–Crippen LogP) is 2.96. The van der Waals surface area contributed by atoms with Crippen molar-refractivity contribution >= 4 is 11.6 Å². The summed E-state index contributed by atoms with van der Waals surface area (Å²) >= 11 is 0. The van der Waals surface area contributed by atoms with Gasteiger partial charge in [-0.15, -0.1) is 0 Å². The van der Waals surface area contributed by atoms with E-state index in [1.807, 2.05) is 31.2 Å².